The van der Waals surface area contributed by atoms with E-state index in [1.807, 2.05) is 0 Å². The van der Waals surface area contributed by atoms with Crippen molar-refractivity contribution in [3.8, 4) is 5.75 Å². The van der Waals surface area contributed by atoms with E-state index < -0.39 is 32.1 Å². The number of carbonyl (C=O) groups is 1. The van der Waals surface area contributed by atoms with Gasteiger partial charge >= 0.3 is 0 Å². The predicted octanol–water partition coefficient (Wildman–Crippen LogP) is 1.21. The fraction of sp³-hybridized carbons (Fsp3) is 0.300. The molecule has 0 unspecified atom stereocenters. The summed E-state index contributed by atoms with van der Waals surface area (Å²) in [6.07, 6.45) is 1.08. The molecule has 0 spiro atoms. The SMILES string of the molecule is CS(=O)(=O)c1c(F)cc(CCC=O)c(O)c1F. The molecule has 0 heterocycles. The number of aromatic hydroxyl groups is 1. The van der Waals surface area contributed by atoms with E-state index in [0.717, 1.165) is 6.07 Å². The number of carbonyl (C=O) groups excluding carboxylic acids is 1. The highest BCUT2D eigenvalue weighted by atomic mass is 32.2. The second-order valence-electron chi connectivity index (χ2n) is 3.49. The monoisotopic (exact) mass is 264 g/mol. The van der Waals surface area contributed by atoms with Gasteiger partial charge in [-0.3, -0.25) is 0 Å². The maximum Gasteiger partial charge on any atom is 0.186 e. The van der Waals surface area contributed by atoms with Crippen molar-refractivity contribution in [2.75, 3.05) is 6.26 Å². The number of sulfone groups is 1. The van der Waals surface area contributed by atoms with Crippen LogP contribution in [0, 0.1) is 11.6 Å². The lowest BCUT2D eigenvalue weighted by atomic mass is 10.1. The van der Waals surface area contributed by atoms with Crippen LogP contribution in [0.25, 0.3) is 0 Å². The van der Waals surface area contributed by atoms with Crippen LogP contribution in [0.2, 0.25) is 0 Å². The Kier molecular flexibility index (Phi) is 3.82. The van der Waals surface area contributed by atoms with Crippen LogP contribution >= 0.6 is 0 Å². The molecule has 0 fully saturated rings. The van der Waals surface area contributed by atoms with E-state index in [2.05, 4.69) is 0 Å². The van der Waals surface area contributed by atoms with Crippen LogP contribution < -0.4 is 0 Å². The summed E-state index contributed by atoms with van der Waals surface area (Å²) in [5, 5.41) is 9.37. The first-order valence-electron chi connectivity index (χ1n) is 4.62. The predicted molar refractivity (Wildman–Crippen MR) is 55.5 cm³/mol. The molecule has 0 amide bonds. The summed E-state index contributed by atoms with van der Waals surface area (Å²) in [6, 6.07) is 0.721. The number of hydrogen-bond acceptors (Lipinski definition) is 4. The summed E-state index contributed by atoms with van der Waals surface area (Å²) in [4.78, 5) is 8.96. The third kappa shape index (κ3) is 2.79. The molecule has 0 aliphatic carbocycles. The second kappa shape index (κ2) is 4.79. The largest absolute Gasteiger partial charge is 0.505 e. The molecule has 1 N–H and O–H groups in total. The van der Waals surface area contributed by atoms with Crippen molar-refractivity contribution in [2.45, 2.75) is 17.7 Å². The Morgan fingerprint density at radius 2 is 2.00 bits per heavy atom. The second-order valence-corrected chi connectivity index (χ2v) is 5.44. The summed E-state index contributed by atoms with van der Waals surface area (Å²) >= 11 is 0. The molecule has 1 aromatic rings. The molecule has 0 radical (unpaired) electrons. The molecule has 0 atom stereocenters. The highest BCUT2D eigenvalue weighted by molar-refractivity contribution is 7.90. The molecule has 94 valence electrons. The third-order valence-electron chi connectivity index (χ3n) is 2.13. The van der Waals surface area contributed by atoms with Gasteiger partial charge in [0.1, 0.15) is 17.0 Å². The van der Waals surface area contributed by atoms with Crippen molar-refractivity contribution < 1.29 is 27.1 Å². The molecule has 0 bridgehead atoms. The first kappa shape index (κ1) is 13.6. The average molecular weight is 264 g/mol. The molecule has 0 saturated heterocycles. The van der Waals surface area contributed by atoms with Crippen LogP contribution in [0.4, 0.5) is 8.78 Å². The summed E-state index contributed by atoms with van der Waals surface area (Å²) in [5.74, 6) is -3.73. The van der Waals surface area contributed by atoms with Crippen LogP contribution in [-0.4, -0.2) is 26.1 Å². The highest BCUT2D eigenvalue weighted by Crippen LogP contribution is 2.30. The maximum atomic E-state index is 13.5. The fourth-order valence-electron chi connectivity index (χ4n) is 1.39. The van der Waals surface area contributed by atoms with Gasteiger partial charge in [-0.2, -0.15) is 0 Å². The van der Waals surface area contributed by atoms with Crippen LogP contribution in [0.3, 0.4) is 0 Å². The van der Waals surface area contributed by atoms with Crippen molar-refractivity contribution in [2.24, 2.45) is 0 Å². The molecule has 7 heteroatoms. The number of aryl methyl sites for hydroxylation is 1. The Morgan fingerprint density at radius 1 is 1.41 bits per heavy atom. The first-order chi connectivity index (χ1) is 7.79. The Balaban J connectivity index is 3.42. The van der Waals surface area contributed by atoms with Crippen LogP contribution in [0.5, 0.6) is 5.75 Å². The smallest absolute Gasteiger partial charge is 0.186 e. The molecule has 0 saturated carbocycles. The van der Waals surface area contributed by atoms with E-state index in [-0.39, 0.29) is 18.4 Å². The summed E-state index contributed by atoms with van der Waals surface area (Å²) in [7, 11) is -4.10. The molecule has 1 rings (SSSR count). The molecule has 1 aromatic carbocycles. The van der Waals surface area contributed by atoms with Gasteiger partial charge in [0, 0.05) is 18.2 Å². The number of benzene rings is 1. The Morgan fingerprint density at radius 3 is 2.47 bits per heavy atom. The first-order valence-corrected chi connectivity index (χ1v) is 6.51. The minimum Gasteiger partial charge on any atom is -0.505 e. The number of hydrogen-bond donors (Lipinski definition) is 1. The van der Waals surface area contributed by atoms with Crippen molar-refractivity contribution in [3.05, 3.63) is 23.3 Å². The Hall–Kier alpha value is -1.50. The van der Waals surface area contributed by atoms with Gasteiger partial charge in [-0.1, -0.05) is 0 Å². The number of phenolic OH excluding ortho intramolecular Hbond substituents is 1. The van der Waals surface area contributed by atoms with Crippen LogP contribution in [-0.2, 0) is 21.1 Å². The van der Waals surface area contributed by atoms with Crippen molar-refractivity contribution >= 4 is 16.1 Å². The van der Waals surface area contributed by atoms with Crippen molar-refractivity contribution in [1.82, 2.24) is 0 Å². The van der Waals surface area contributed by atoms with E-state index in [9.17, 15) is 27.1 Å². The minimum absolute atomic E-state index is 0.0232. The summed E-state index contributed by atoms with van der Waals surface area (Å²) in [5.41, 5.74) is -0.139. The standard InChI is InChI=1S/C10H10F2O4S/c1-17(15,16)10-7(11)5-6(3-2-4-13)9(14)8(10)12/h4-5,14H,2-3H2,1H3. The lowest BCUT2D eigenvalue weighted by Gasteiger charge is -2.08. The fourth-order valence-corrected chi connectivity index (χ4v) is 2.22. The molecular formula is C10H10F2O4S. The topological polar surface area (TPSA) is 71.4 Å². The minimum atomic E-state index is -4.10. The van der Waals surface area contributed by atoms with E-state index >= 15 is 0 Å². The quantitative estimate of drug-likeness (QED) is 0.830. The normalized spacial score (nSPS) is 11.5. The Labute approximate surface area is 96.8 Å². The van der Waals surface area contributed by atoms with E-state index in [1.54, 1.807) is 0 Å². The van der Waals surface area contributed by atoms with Gasteiger partial charge in [0.25, 0.3) is 0 Å². The van der Waals surface area contributed by atoms with E-state index in [4.69, 9.17) is 0 Å². The zero-order valence-electron chi connectivity index (χ0n) is 8.91. The summed E-state index contributed by atoms with van der Waals surface area (Å²) < 4.78 is 49.1. The third-order valence-corrected chi connectivity index (χ3v) is 3.25. The van der Waals surface area contributed by atoms with Gasteiger partial charge in [-0.05, 0) is 12.5 Å². The van der Waals surface area contributed by atoms with Gasteiger partial charge in [0.2, 0.25) is 0 Å². The average Bonchev–Trinajstić information content (AvgIpc) is 2.19. The van der Waals surface area contributed by atoms with Crippen molar-refractivity contribution in [1.29, 1.82) is 0 Å². The van der Waals surface area contributed by atoms with Gasteiger partial charge in [-0.25, -0.2) is 17.2 Å². The number of phenols is 1. The zero-order valence-corrected chi connectivity index (χ0v) is 9.72. The van der Waals surface area contributed by atoms with E-state index in [0.29, 0.717) is 12.5 Å². The van der Waals surface area contributed by atoms with Gasteiger partial charge < -0.3 is 9.90 Å². The maximum absolute atomic E-state index is 13.5. The lowest BCUT2D eigenvalue weighted by Crippen LogP contribution is -2.06. The van der Waals surface area contributed by atoms with E-state index in [1.165, 1.54) is 0 Å². The molecule has 0 aliphatic heterocycles. The number of halogens is 2. The number of aldehydes is 1. The van der Waals surface area contributed by atoms with Gasteiger partial charge in [-0.15, -0.1) is 0 Å². The van der Waals surface area contributed by atoms with Crippen molar-refractivity contribution in [3.63, 3.8) is 0 Å². The molecule has 4 nitrogen and oxygen atoms in total. The molecular weight excluding hydrogens is 254 g/mol. The molecule has 17 heavy (non-hydrogen) atoms. The highest BCUT2D eigenvalue weighted by Gasteiger charge is 2.24. The lowest BCUT2D eigenvalue weighted by molar-refractivity contribution is -0.107. The molecule has 0 aliphatic rings. The van der Waals surface area contributed by atoms with Crippen LogP contribution in [0.1, 0.15) is 12.0 Å². The number of rotatable bonds is 4. The Bertz CT molecular complexity index is 552. The van der Waals surface area contributed by atoms with Gasteiger partial charge in [0.05, 0.1) is 0 Å². The summed E-state index contributed by atoms with van der Waals surface area (Å²) in [6.45, 7) is 0. The zero-order chi connectivity index (χ0) is 13.2. The van der Waals surface area contributed by atoms with Gasteiger partial charge in [0.15, 0.2) is 21.4 Å². The van der Waals surface area contributed by atoms with Crippen LogP contribution in [0.15, 0.2) is 11.0 Å². The molecule has 0 aromatic heterocycles.